The lowest BCUT2D eigenvalue weighted by molar-refractivity contribution is 0.0758. The zero-order valence-corrected chi connectivity index (χ0v) is 14.7. The summed E-state index contributed by atoms with van der Waals surface area (Å²) < 4.78 is 26.7. The topological polar surface area (TPSA) is 95.7 Å². The molecular weight excluding hydrogens is 320 g/mol. The van der Waals surface area contributed by atoms with Crippen LogP contribution in [0.2, 0.25) is 0 Å². The summed E-state index contributed by atoms with van der Waals surface area (Å²) in [7, 11) is -0.507. The van der Waals surface area contributed by atoms with Gasteiger partial charge in [-0.1, -0.05) is 0 Å². The maximum absolute atomic E-state index is 12.5. The largest absolute Gasteiger partial charge is 0.391 e. The first-order valence-electron chi connectivity index (χ1n) is 7.54. The van der Waals surface area contributed by atoms with Gasteiger partial charge in [0.05, 0.1) is 11.9 Å². The number of amides is 1. The third-order valence-corrected chi connectivity index (χ3v) is 5.99. The summed E-state index contributed by atoms with van der Waals surface area (Å²) in [5.41, 5.74) is 0.307. The van der Waals surface area contributed by atoms with Crippen molar-refractivity contribution >= 4 is 15.9 Å². The molecule has 23 heavy (non-hydrogen) atoms. The van der Waals surface area contributed by atoms with Crippen LogP contribution in [0.5, 0.6) is 0 Å². The Bertz CT molecular complexity index is 668. The number of carbonyl (C=O) groups is 1. The average Bonchev–Trinajstić information content (AvgIpc) is 3.05. The molecule has 1 N–H and O–H groups in total. The third-order valence-electron chi connectivity index (χ3n) is 4.03. The molecule has 2 atom stereocenters. The minimum absolute atomic E-state index is 0.126. The van der Waals surface area contributed by atoms with Gasteiger partial charge < -0.3 is 10.0 Å². The zero-order valence-electron chi connectivity index (χ0n) is 13.9. The number of aliphatic hydroxyl groups excluding tert-OH is 1. The first-order valence-corrected chi connectivity index (χ1v) is 9.15. The Morgan fingerprint density at radius 2 is 2.09 bits per heavy atom. The first-order chi connectivity index (χ1) is 10.6. The molecule has 0 radical (unpaired) electrons. The Morgan fingerprint density at radius 1 is 1.43 bits per heavy atom. The van der Waals surface area contributed by atoms with Crippen LogP contribution in [0.1, 0.15) is 30.4 Å². The van der Waals surface area contributed by atoms with Gasteiger partial charge in [-0.25, -0.2) is 12.7 Å². The lowest BCUT2D eigenvalue weighted by Gasteiger charge is -2.17. The summed E-state index contributed by atoms with van der Waals surface area (Å²) in [5.74, 6) is -0.947. The minimum Gasteiger partial charge on any atom is -0.391 e. The van der Waals surface area contributed by atoms with Crippen LogP contribution in [-0.2, 0) is 10.0 Å². The maximum Gasteiger partial charge on any atom is 0.274 e. The standard InChI is InChI=1S/C14H24N4O4S/c1-10(2)18-6-5-12(15-18)14(20)17-7-11(13(19)8-17)9-23(21,22)16(3)4/h5-6,10-11,13,19H,7-9H2,1-4H3/t11-,13+/m0/s1. The van der Waals surface area contributed by atoms with Crippen LogP contribution < -0.4 is 0 Å². The fourth-order valence-corrected chi connectivity index (χ4v) is 3.67. The summed E-state index contributed by atoms with van der Waals surface area (Å²) in [6.07, 6.45) is 0.888. The van der Waals surface area contributed by atoms with Crippen LogP contribution in [0, 0.1) is 5.92 Å². The number of aromatic nitrogens is 2. The highest BCUT2D eigenvalue weighted by molar-refractivity contribution is 7.89. The number of sulfonamides is 1. The maximum atomic E-state index is 12.5. The molecule has 1 saturated heterocycles. The van der Waals surface area contributed by atoms with E-state index in [1.54, 1.807) is 16.9 Å². The van der Waals surface area contributed by atoms with Gasteiger partial charge >= 0.3 is 0 Å². The van der Waals surface area contributed by atoms with Gasteiger partial charge in [-0.05, 0) is 19.9 Å². The molecule has 0 spiro atoms. The van der Waals surface area contributed by atoms with Crippen molar-refractivity contribution < 1.29 is 18.3 Å². The molecule has 1 aliphatic rings. The van der Waals surface area contributed by atoms with E-state index >= 15 is 0 Å². The Morgan fingerprint density at radius 3 is 2.61 bits per heavy atom. The van der Waals surface area contributed by atoms with Crippen LogP contribution in [0.3, 0.4) is 0 Å². The molecule has 1 aromatic rings. The van der Waals surface area contributed by atoms with Crippen molar-refractivity contribution in [1.82, 2.24) is 19.0 Å². The Kier molecular flexibility index (Phi) is 5.12. The van der Waals surface area contributed by atoms with E-state index in [0.717, 1.165) is 4.31 Å². The molecule has 8 nitrogen and oxygen atoms in total. The van der Waals surface area contributed by atoms with Crippen molar-refractivity contribution in [3.05, 3.63) is 18.0 Å². The fraction of sp³-hybridized carbons (Fsp3) is 0.714. The molecule has 0 saturated carbocycles. The van der Waals surface area contributed by atoms with E-state index in [-0.39, 0.29) is 30.8 Å². The predicted molar refractivity (Wildman–Crippen MR) is 85.5 cm³/mol. The highest BCUT2D eigenvalue weighted by atomic mass is 32.2. The predicted octanol–water partition coefficient (Wildman–Crippen LogP) is -0.212. The lowest BCUT2D eigenvalue weighted by Crippen LogP contribution is -2.33. The van der Waals surface area contributed by atoms with Crippen molar-refractivity contribution in [2.24, 2.45) is 5.92 Å². The molecule has 2 heterocycles. The number of aliphatic hydroxyl groups is 1. The van der Waals surface area contributed by atoms with Gasteiger partial charge in [0, 0.05) is 45.3 Å². The van der Waals surface area contributed by atoms with Gasteiger partial charge in [-0.2, -0.15) is 5.10 Å². The molecular formula is C14H24N4O4S. The summed E-state index contributed by atoms with van der Waals surface area (Å²) in [5, 5.41) is 14.3. The molecule has 9 heteroatoms. The molecule has 1 amide bonds. The Labute approximate surface area is 136 Å². The SMILES string of the molecule is CC(C)n1ccc(C(=O)N2C[C@@H](CS(=O)(=O)N(C)C)[C@H](O)C2)n1. The third kappa shape index (κ3) is 3.91. The number of rotatable bonds is 5. The second kappa shape index (κ2) is 6.58. The normalized spacial score (nSPS) is 22.3. The number of nitrogens with zero attached hydrogens (tertiary/aromatic N) is 4. The van der Waals surface area contributed by atoms with Gasteiger partial charge in [0.15, 0.2) is 0 Å². The lowest BCUT2D eigenvalue weighted by atomic mass is 10.1. The van der Waals surface area contributed by atoms with Gasteiger partial charge in [-0.3, -0.25) is 9.48 Å². The fourth-order valence-electron chi connectivity index (χ4n) is 2.51. The van der Waals surface area contributed by atoms with Crippen molar-refractivity contribution in [3.8, 4) is 0 Å². The molecule has 1 fully saturated rings. The summed E-state index contributed by atoms with van der Waals surface area (Å²) in [6.45, 7) is 4.26. The zero-order chi connectivity index (χ0) is 17.4. The van der Waals surface area contributed by atoms with E-state index in [2.05, 4.69) is 5.10 Å². The van der Waals surface area contributed by atoms with Crippen LogP contribution in [0.4, 0.5) is 0 Å². The van der Waals surface area contributed by atoms with Gasteiger partial charge in [0.1, 0.15) is 5.69 Å². The number of hydrogen-bond acceptors (Lipinski definition) is 5. The van der Waals surface area contributed by atoms with Gasteiger partial charge in [0.2, 0.25) is 10.0 Å². The van der Waals surface area contributed by atoms with Crippen LogP contribution in [-0.4, -0.2) is 77.5 Å². The molecule has 1 aliphatic heterocycles. The van der Waals surface area contributed by atoms with Crippen molar-refractivity contribution in [2.75, 3.05) is 32.9 Å². The van der Waals surface area contributed by atoms with E-state index in [1.807, 2.05) is 13.8 Å². The highest BCUT2D eigenvalue weighted by Gasteiger charge is 2.38. The number of carbonyl (C=O) groups excluding carboxylic acids is 1. The van der Waals surface area contributed by atoms with E-state index < -0.39 is 22.0 Å². The van der Waals surface area contributed by atoms with E-state index in [0.29, 0.717) is 5.69 Å². The van der Waals surface area contributed by atoms with Crippen LogP contribution in [0.15, 0.2) is 12.3 Å². The molecule has 0 bridgehead atoms. The van der Waals surface area contributed by atoms with Crippen LogP contribution in [0.25, 0.3) is 0 Å². The van der Waals surface area contributed by atoms with Crippen molar-refractivity contribution in [3.63, 3.8) is 0 Å². The number of hydrogen-bond donors (Lipinski definition) is 1. The van der Waals surface area contributed by atoms with Gasteiger partial charge in [-0.15, -0.1) is 0 Å². The number of likely N-dealkylation sites (tertiary alicyclic amines) is 1. The second-order valence-corrected chi connectivity index (χ2v) is 8.60. The smallest absolute Gasteiger partial charge is 0.274 e. The summed E-state index contributed by atoms with van der Waals surface area (Å²) >= 11 is 0. The quantitative estimate of drug-likeness (QED) is 0.797. The molecule has 1 aromatic heterocycles. The molecule has 130 valence electrons. The van der Waals surface area contributed by atoms with Crippen molar-refractivity contribution in [1.29, 1.82) is 0 Å². The van der Waals surface area contributed by atoms with Gasteiger partial charge in [0.25, 0.3) is 5.91 Å². The summed E-state index contributed by atoms with van der Waals surface area (Å²) in [4.78, 5) is 13.9. The van der Waals surface area contributed by atoms with E-state index in [1.165, 1.54) is 19.0 Å². The summed E-state index contributed by atoms with van der Waals surface area (Å²) in [6, 6.07) is 1.79. The highest BCUT2D eigenvalue weighted by Crippen LogP contribution is 2.21. The van der Waals surface area contributed by atoms with E-state index in [4.69, 9.17) is 0 Å². The first kappa shape index (κ1) is 17.9. The minimum atomic E-state index is -3.42. The Balaban J connectivity index is 2.06. The molecule has 0 unspecified atom stereocenters. The molecule has 0 aliphatic carbocycles. The molecule has 2 rings (SSSR count). The van der Waals surface area contributed by atoms with Crippen molar-refractivity contribution in [2.45, 2.75) is 26.0 Å². The monoisotopic (exact) mass is 344 g/mol. The number of β-amino-alcohol motifs (C(OH)–C–C–N with tert-alkyl or cyclic N) is 1. The average molecular weight is 344 g/mol. The van der Waals surface area contributed by atoms with E-state index in [9.17, 15) is 18.3 Å². The van der Waals surface area contributed by atoms with Crippen LogP contribution >= 0.6 is 0 Å². The molecule has 0 aromatic carbocycles. The second-order valence-electron chi connectivity index (χ2n) is 6.37. The Hall–Kier alpha value is -1.45.